The number of rotatable bonds is 1. The minimum Gasteiger partial charge on any atom is -0.505 e. The molecule has 4 nitrogen and oxygen atoms in total. The number of halogens is 1. The molecule has 0 fully saturated rings. The van der Waals surface area contributed by atoms with Gasteiger partial charge in [0.25, 0.3) is 5.91 Å². The lowest BCUT2D eigenvalue weighted by atomic mass is 10.1. The number of pyridine rings is 1. The molecular weight excluding hydrogens is 216 g/mol. The fourth-order valence-corrected chi connectivity index (χ4v) is 1.33. The number of carbonyl (C=O) groups excluding carboxylic acids is 1. The van der Waals surface area contributed by atoms with Crippen molar-refractivity contribution in [3.05, 3.63) is 36.0 Å². The second kappa shape index (κ2) is 4.14. The molecule has 0 saturated heterocycles. The molecule has 1 aromatic carbocycles. The van der Waals surface area contributed by atoms with E-state index in [4.69, 9.17) is 5.73 Å². The zero-order chi connectivity index (χ0) is 10.1. The van der Waals surface area contributed by atoms with Gasteiger partial charge in [-0.05, 0) is 12.1 Å². The molecule has 0 aliphatic carbocycles. The third-order valence-electron chi connectivity index (χ3n) is 2.01. The topological polar surface area (TPSA) is 76.2 Å². The van der Waals surface area contributed by atoms with Gasteiger partial charge >= 0.3 is 0 Å². The number of nitrogens with two attached hydrogens (primary N) is 1. The van der Waals surface area contributed by atoms with Gasteiger partial charge in [-0.15, -0.1) is 12.4 Å². The van der Waals surface area contributed by atoms with Gasteiger partial charge in [-0.25, -0.2) is 0 Å². The number of primary amides is 1. The molecule has 3 N–H and O–H groups in total. The molecule has 0 aliphatic heterocycles. The molecule has 0 saturated carbocycles. The van der Waals surface area contributed by atoms with Gasteiger partial charge in [0.15, 0.2) is 5.75 Å². The Morgan fingerprint density at radius 2 is 2.07 bits per heavy atom. The molecule has 5 heteroatoms. The fraction of sp³-hybridized carbons (Fsp3) is 0. The maximum atomic E-state index is 10.9. The van der Waals surface area contributed by atoms with Crippen molar-refractivity contribution in [2.24, 2.45) is 5.73 Å². The molecule has 1 heterocycles. The molecule has 0 atom stereocenters. The van der Waals surface area contributed by atoms with Crippen molar-refractivity contribution < 1.29 is 9.90 Å². The Morgan fingerprint density at radius 1 is 1.33 bits per heavy atom. The van der Waals surface area contributed by atoms with Crippen molar-refractivity contribution in [3.8, 4) is 5.75 Å². The minimum absolute atomic E-state index is 0. The zero-order valence-corrected chi connectivity index (χ0v) is 8.49. The van der Waals surface area contributed by atoms with Crippen LogP contribution in [0.15, 0.2) is 30.5 Å². The largest absolute Gasteiger partial charge is 0.505 e. The Morgan fingerprint density at radius 3 is 2.73 bits per heavy atom. The Hall–Kier alpha value is -1.81. The van der Waals surface area contributed by atoms with E-state index in [9.17, 15) is 9.90 Å². The van der Waals surface area contributed by atoms with Crippen LogP contribution in [0.2, 0.25) is 0 Å². The van der Waals surface area contributed by atoms with Gasteiger partial charge < -0.3 is 10.8 Å². The molecule has 2 aromatic rings. The van der Waals surface area contributed by atoms with Crippen molar-refractivity contribution in [2.75, 3.05) is 0 Å². The van der Waals surface area contributed by atoms with Crippen LogP contribution in [0.4, 0.5) is 0 Å². The summed E-state index contributed by atoms with van der Waals surface area (Å²) in [5.41, 5.74) is 5.57. The summed E-state index contributed by atoms with van der Waals surface area (Å²) < 4.78 is 0. The summed E-state index contributed by atoms with van der Waals surface area (Å²) in [6.07, 6.45) is 1.55. The van der Waals surface area contributed by atoms with Crippen molar-refractivity contribution >= 4 is 29.2 Å². The van der Waals surface area contributed by atoms with Gasteiger partial charge in [-0.3, -0.25) is 9.78 Å². The van der Waals surface area contributed by atoms with Gasteiger partial charge in [0, 0.05) is 11.6 Å². The summed E-state index contributed by atoms with van der Waals surface area (Å²) in [6.45, 7) is 0. The molecule has 0 bridgehead atoms. The Balaban J connectivity index is 0.00000112. The molecular formula is C10H9ClN2O2. The molecule has 0 aliphatic rings. The van der Waals surface area contributed by atoms with E-state index in [-0.39, 0.29) is 23.7 Å². The average molecular weight is 225 g/mol. The number of amides is 1. The van der Waals surface area contributed by atoms with Crippen molar-refractivity contribution in [2.45, 2.75) is 0 Å². The van der Waals surface area contributed by atoms with E-state index >= 15 is 0 Å². The minimum atomic E-state index is -0.657. The Kier molecular flexibility index (Phi) is 3.11. The van der Waals surface area contributed by atoms with Crippen LogP contribution in [0.25, 0.3) is 10.9 Å². The fourth-order valence-electron chi connectivity index (χ4n) is 1.33. The summed E-state index contributed by atoms with van der Waals surface area (Å²) in [6, 6.07) is 6.74. The Labute approximate surface area is 92.1 Å². The summed E-state index contributed by atoms with van der Waals surface area (Å²) >= 11 is 0. The first-order valence-corrected chi connectivity index (χ1v) is 4.06. The molecule has 0 radical (unpaired) electrons. The first kappa shape index (κ1) is 11.3. The van der Waals surface area contributed by atoms with Crippen LogP contribution >= 0.6 is 12.4 Å². The van der Waals surface area contributed by atoms with E-state index in [1.165, 1.54) is 6.07 Å². The predicted molar refractivity (Wildman–Crippen MR) is 59.2 cm³/mol. The lowest BCUT2D eigenvalue weighted by molar-refractivity contribution is 0.0998. The number of aromatic nitrogens is 1. The van der Waals surface area contributed by atoms with E-state index in [2.05, 4.69) is 4.98 Å². The normalized spacial score (nSPS) is 9.60. The monoisotopic (exact) mass is 224 g/mol. The van der Waals surface area contributed by atoms with Crippen LogP contribution in [0.1, 0.15) is 10.4 Å². The van der Waals surface area contributed by atoms with E-state index in [0.29, 0.717) is 5.52 Å². The highest BCUT2D eigenvalue weighted by Crippen LogP contribution is 2.25. The number of fused-ring (bicyclic) bond motifs is 1. The summed E-state index contributed by atoms with van der Waals surface area (Å²) in [5.74, 6) is -0.814. The number of phenols is 1. The third kappa shape index (κ3) is 1.85. The quantitative estimate of drug-likeness (QED) is 0.770. The maximum absolute atomic E-state index is 10.9. The van der Waals surface area contributed by atoms with Crippen LogP contribution in [0.5, 0.6) is 5.75 Å². The van der Waals surface area contributed by atoms with Crippen molar-refractivity contribution in [1.29, 1.82) is 0 Å². The summed E-state index contributed by atoms with van der Waals surface area (Å²) in [5, 5.41) is 10.4. The van der Waals surface area contributed by atoms with Gasteiger partial charge in [-0.2, -0.15) is 0 Å². The Bertz CT molecular complexity index is 514. The van der Waals surface area contributed by atoms with E-state index < -0.39 is 5.91 Å². The number of aromatic hydroxyl groups is 1. The number of hydrogen-bond acceptors (Lipinski definition) is 3. The SMILES string of the molecule is Cl.NC(=O)c1ccc2cccnc2c1O. The van der Waals surface area contributed by atoms with Crippen LogP contribution in [-0.2, 0) is 0 Å². The highest BCUT2D eigenvalue weighted by atomic mass is 35.5. The number of carbonyl (C=O) groups is 1. The first-order chi connectivity index (χ1) is 6.70. The highest BCUT2D eigenvalue weighted by molar-refractivity contribution is 6.01. The van der Waals surface area contributed by atoms with Crippen LogP contribution in [-0.4, -0.2) is 16.0 Å². The van der Waals surface area contributed by atoms with E-state index in [1.807, 2.05) is 0 Å². The number of benzene rings is 1. The van der Waals surface area contributed by atoms with Crippen LogP contribution < -0.4 is 5.73 Å². The molecule has 15 heavy (non-hydrogen) atoms. The molecule has 2 rings (SSSR count). The zero-order valence-electron chi connectivity index (χ0n) is 7.68. The van der Waals surface area contributed by atoms with Crippen LogP contribution in [0.3, 0.4) is 0 Å². The van der Waals surface area contributed by atoms with Gasteiger partial charge in [0.1, 0.15) is 5.52 Å². The predicted octanol–water partition coefficient (Wildman–Crippen LogP) is 1.46. The van der Waals surface area contributed by atoms with Crippen molar-refractivity contribution in [3.63, 3.8) is 0 Å². The smallest absolute Gasteiger partial charge is 0.252 e. The first-order valence-electron chi connectivity index (χ1n) is 4.06. The second-order valence-electron chi connectivity index (χ2n) is 2.90. The molecule has 1 aromatic heterocycles. The van der Waals surface area contributed by atoms with Gasteiger partial charge in [0.2, 0.25) is 0 Å². The van der Waals surface area contributed by atoms with Crippen LogP contribution in [0, 0.1) is 0 Å². The average Bonchev–Trinajstić information content (AvgIpc) is 2.18. The lowest BCUT2D eigenvalue weighted by Gasteiger charge is -2.03. The van der Waals surface area contributed by atoms with Crippen molar-refractivity contribution in [1.82, 2.24) is 4.98 Å². The maximum Gasteiger partial charge on any atom is 0.252 e. The number of nitrogens with zero attached hydrogens (tertiary/aromatic N) is 1. The summed E-state index contributed by atoms with van der Waals surface area (Å²) in [7, 11) is 0. The standard InChI is InChI=1S/C10H8N2O2.ClH/c11-10(14)7-4-3-6-2-1-5-12-8(6)9(7)13;/h1-5,13H,(H2,11,14);1H. The lowest BCUT2D eigenvalue weighted by Crippen LogP contribution is -2.11. The van der Waals surface area contributed by atoms with E-state index in [1.54, 1.807) is 24.4 Å². The van der Waals surface area contributed by atoms with Gasteiger partial charge in [0.05, 0.1) is 5.56 Å². The second-order valence-corrected chi connectivity index (χ2v) is 2.90. The molecule has 1 amide bonds. The molecule has 0 unspecified atom stereocenters. The molecule has 0 spiro atoms. The summed E-state index contributed by atoms with van der Waals surface area (Å²) in [4.78, 5) is 14.9. The van der Waals surface area contributed by atoms with Gasteiger partial charge in [-0.1, -0.05) is 12.1 Å². The molecule has 78 valence electrons. The highest BCUT2D eigenvalue weighted by Gasteiger charge is 2.10. The third-order valence-corrected chi connectivity index (χ3v) is 2.01. The van der Waals surface area contributed by atoms with E-state index in [0.717, 1.165) is 5.39 Å². The number of hydrogen-bond donors (Lipinski definition) is 2.